The SMILES string of the molecule is CCOc1ccc(N2C(=O)N(CC(=O)NCc3ccc(C)cc3)[C@@H]3CS(=O)(=O)C[C@H]32)cc1. The summed E-state index contributed by atoms with van der Waals surface area (Å²) >= 11 is 0. The van der Waals surface area contributed by atoms with Crippen LogP contribution in [0.4, 0.5) is 10.5 Å². The number of benzene rings is 2. The molecule has 0 spiro atoms. The fourth-order valence-corrected chi connectivity index (χ4v) is 6.20. The maximum atomic E-state index is 13.2. The van der Waals surface area contributed by atoms with Crippen LogP contribution in [-0.2, 0) is 21.2 Å². The van der Waals surface area contributed by atoms with E-state index < -0.39 is 21.9 Å². The van der Waals surface area contributed by atoms with Crippen LogP contribution in [0.15, 0.2) is 48.5 Å². The van der Waals surface area contributed by atoms with Gasteiger partial charge in [0.15, 0.2) is 9.84 Å². The van der Waals surface area contributed by atoms with Crippen LogP contribution in [0.5, 0.6) is 5.75 Å². The topological polar surface area (TPSA) is 96.0 Å². The van der Waals surface area contributed by atoms with Gasteiger partial charge >= 0.3 is 6.03 Å². The van der Waals surface area contributed by atoms with Gasteiger partial charge in [-0.05, 0) is 43.7 Å². The number of rotatable bonds is 7. The van der Waals surface area contributed by atoms with E-state index in [0.29, 0.717) is 24.6 Å². The van der Waals surface area contributed by atoms with E-state index in [2.05, 4.69) is 5.32 Å². The van der Waals surface area contributed by atoms with Gasteiger partial charge in [0.2, 0.25) is 5.91 Å². The predicted molar refractivity (Wildman–Crippen MR) is 121 cm³/mol. The average molecular weight is 458 g/mol. The molecule has 170 valence electrons. The molecule has 2 aromatic rings. The van der Waals surface area contributed by atoms with Crippen molar-refractivity contribution in [2.75, 3.05) is 29.6 Å². The van der Waals surface area contributed by atoms with Crippen LogP contribution in [0.3, 0.4) is 0 Å². The number of ether oxygens (including phenoxy) is 1. The highest BCUT2D eigenvalue weighted by Crippen LogP contribution is 2.35. The lowest BCUT2D eigenvalue weighted by Gasteiger charge is -2.22. The first-order chi connectivity index (χ1) is 15.3. The highest BCUT2D eigenvalue weighted by molar-refractivity contribution is 7.91. The van der Waals surface area contributed by atoms with Crippen molar-refractivity contribution in [1.29, 1.82) is 0 Å². The Bertz CT molecular complexity index is 1100. The number of sulfone groups is 1. The molecule has 2 fully saturated rings. The van der Waals surface area contributed by atoms with Crippen LogP contribution in [0.25, 0.3) is 0 Å². The summed E-state index contributed by atoms with van der Waals surface area (Å²) in [6, 6.07) is 13.4. The minimum atomic E-state index is -3.31. The van der Waals surface area contributed by atoms with Gasteiger partial charge in [0.1, 0.15) is 12.3 Å². The van der Waals surface area contributed by atoms with E-state index >= 15 is 0 Å². The molecule has 4 rings (SSSR count). The van der Waals surface area contributed by atoms with E-state index in [4.69, 9.17) is 4.74 Å². The highest BCUT2D eigenvalue weighted by Gasteiger charge is 2.54. The number of carbonyl (C=O) groups excluding carboxylic acids is 2. The summed E-state index contributed by atoms with van der Waals surface area (Å²) in [6.07, 6.45) is 0. The molecule has 2 aliphatic rings. The first kappa shape index (κ1) is 22.1. The summed E-state index contributed by atoms with van der Waals surface area (Å²) in [5.74, 6) is 0.0987. The quantitative estimate of drug-likeness (QED) is 0.643. The average Bonchev–Trinajstić information content (AvgIpc) is 3.19. The fourth-order valence-electron chi connectivity index (χ4n) is 4.25. The van der Waals surface area contributed by atoms with Crippen LogP contribution in [0.1, 0.15) is 18.1 Å². The molecule has 3 amide bonds. The predicted octanol–water partition coefficient (Wildman–Crippen LogP) is 2.12. The third-order valence-electron chi connectivity index (χ3n) is 5.83. The van der Waals surface area contributed by atoms with Crippen molar-refractivity contribution >= 4 is 27.5 Å². The molecule has 2 aromatic carbocycles. The Labute approximate surface area is 188 Å². The molecule has 1 N–H and O–H groups in total. The zero-order chi connectivity index (χ0) is 22.9. The summed E-state index contributed by atoms with van der Waals surface area (Å²) in [7, 11) is -3.31. The Kier molecular flexibility index (Phi) is 6.10. The second kappa shape index (κ2) is 8.82. The fraction of sp³-hybridized carbons (Fsp3) is 0.391. The number of anilines is 1. The molecule has 2 heterocycles. The molecule has 0 aromatic heterocycles. The molecular weight excluding hydrogens is 430 g/mol. The highest BCUT2D eigenvalue weighted by atomic mass is 32.2. The van der Waals surface area contributed by atoms with Crippen LogP contribution < -0.4 is 15.0 Å². The number of urea groups is 1. The normalized spacial score (nSPS) is 21.5. The van der Waals surface area contributed by atoms with E-state index in [1.165, 1.54) is 9.80 Å². The molecule has 0 bridgehead atoms. The van der Waals surface area contributed by atoms with Crippen molar-refractivity contribution in [3.63, 3.8) is 0 Å². The van der Waals surface area contributed by atoms with Gasteiger partial charge in [-0.25, -0.2) is 13.2 Å². The molecule has 32 heavy (non-hydrogen) atoms. The van der Waals surface area contributed by atoms with Crippen LogP contribution in [0, 0.1) is 6.92 Å². The summed E-state index contributed by atoms with van der Waals surface area (Å²) in [4.78, 5) is 28.7. The van der Waals surface area contributed by atoms with Gasteiger partial charge in [0.25, 0.3) is 0 Å². The maximum absolute atomic E-state index is 13.2. The molecule has 0 unspecified atom stereocenters. The summed E-state index contributed by atoms with van der Waals surface area (Å²) in [6.45, 7) is 4.55. The van der Waals surface area contributed by atoms with Crippen molar-refractivity contribution < 1.29 is 22.7 Å². The third-order valence-corrected chi connectivity index (χ3v) is 7.53. The van der Waals surface area contributed by atoms with Gasteiger partial charge in [-0.3, -0.25) is 9.69 Å². The summed E-state index contributed by atoms with van der Waals surface area (Å²) in [5, 5.41) is 2.83. The Hall–Kier alpha value is -3.07. The summed E-state index contributed by atoms with van der Waals surface area (Å²) < 4.78 is 30.2. The molecule has 0 aliphatic carbocycles. The van der Waals surface area contributed by atoms with Crippen molar-refractivity contribution in [3.8, 4) is 5.75 Å². The van der Waals surface area contributed by atoms with Crippen LogP contribution >= 0.6 is 0 Å². The summed E-state index contributed by atoms with van der Waals surface area (Å²) in [5.41, 5.74) is 2.67. The monoisotopic (exact) mass is 457 g/mol. The van der Waals surface area contributed by atoms with E-state index in [1.54, 1.807) is 24.3 Å². The lowest BCUT2D eigenvalue weighted by atomic mass is 10.1. The molecule has 2 aliphatic heterocycles. The third kappa shape index (κ3) is 4.57. The Morgan fingerprint density at radius 1 is 1.06 bits per heavy atom. The first-order valence-electron chi connectivity index (χ1n) is 10.6. The molecule has 2 saturated heterocycles. The lowest BCUT2D eigenvalue weighted by Crippen LogP contribution is -2.44. The van der Waals surface area contributed by atoms with Crippen molar-refractivity contribution in [3.05, 3.63) is 59.7 Å². The van der Waals surface area contributed by atoms with Gasteiger partial charge in [0.05, 0.1) is 30.2 Å². The minimum absolute atomic E-state index is 0.113. The molecule has 2 atom stereocenters. The number of hydrogen-bond acceptors (Lipinski definition) is 5. The minimum Gasteiger partial charge on any atom is -0.494 e. The van der Waals surface area contributed by atoms with Crippen molar-refractivity contribution in [1.82, 2.24) is 10.2 Å². The second-order valence-electron chi connectivity index (χ2n) is 8.18. The zero-order valence-electron chi connectivity index (χ0n) is 18.2. The number of nitrogens with one attached hydrogen (secondary N) is 1. The largest absolute Gasteiger partial charge is 0.494 e. The molecule has 9 heteroatoms. The van der Waals surface area contributed by atoms with Gasteiger partial charge in [-0.1, -0.05) is 29.8 Å². The Morgan fingerprint density at radius 2 is 1.72 bits per heavy atom. The Morgan fingerprint density at radius 3 is 2.38 bits per heavy atom. The molecular formula is C23H27N3O5S. The zero-order valence-corrected chi connectivity index (χ0v) is 19.0. The van der Waals surface area contributed by atoms with Gasteiger partial charge < -0.3 is 15.0 Å². The number of aryl methyl sites for hydroxylation is 1. The number of amides is 3. The Balaban J connectivity index is 1.49. The second-order valence-corrected chi connectivity index (χ2v) is 10.3. The smallest absolute Gasteiger partial charge is 0.325 e. The van der Waals surface area contributed by atoms with E-state index in [1.807, 2.05) is 38.1 Å². The lowest BCUT2D eigenvalue weighted by molar-refractivity contribution is -0.122. The van der Waals surface area contributed by atoms with E-state index in [-0.39, 0.29) is 30.0 Å². The number of fused-ring (bicyclic) bond motifs is 1. The van der Waals surface area contributed by atoms with Gasteiger partial charge in [0, 0.05) is 12.2 Å². The van der Waals surface area contributed by atoms with E-state index in [0.717, 1.165) is 11.1 Å². The maximum Gasteiger partial charge on any atom is 0.325 e. The van der Waals surface area contributed by atoms with E-state index in [9.17, 15) is 18.0 Å². The standard InChI is InChI=1S/C23H27N3O5S/c1-3-31-19-10-8-18(9-11-19)26-21-15-32(29,30)14-20(21)25(23(26)28)13-22(27)24-12-17-6-4-16(2)5-7-17/h4-11,20-21H,3,12-15H2,1-2H3,(H,24,27)/t20-,21-/m1/s1. The number of hydrogen-bond donors (Lipinski definition) is 1. The van der Waals surface area contributed by atoms with Crippen molar-refractivity contribution in [2.45, 2.75) is 32.5 Å². The molecule has 0 radical (unpaired) electrons. The first-order valence-corrected chi connectivity index (χ1v) is 12.4. The number of nitrogens with zero attached hydrogens (tertiary/aromatic N) is 2. The van der Waals surface area contributed by atoms with Gasteiger partial charge in [-0.15, -0.1) is 0 Å². The molecule has 8 nitrogen and oxygen atoms in total. The van der Waals surface area contributed by atoms with Crippen molar-refractivity contribution in [2.24, 2.45) is 0 Å². The van der Waals surface area contributed by atoms with Crippen LogP contribution in [-0.4, -0.2) is 62.0 Å². The number of carbonyl (C=O) groups is 2. The van der Waals surface area contributed by atoms with Gasteiger partial charge in [-0.2, -0.15) is 0 Å². The molecule has 0 saturated carbocycles. The van der Waals surface area contributed by atoms with Crippen LogP contribution in [0.2, 0.25) is 0 Å².